The number of rotatable bonds is 1. The van der Waals surface area contributed by atoms with E-state index < -0.39 is 34.7 Å². The summed E-state index contributed by atoms with van der Waals surface area (Å²) in [5.41, 5.74) is -1.07. The second-order valence-electron chi connectivity index (χ2n) is 4.58. The molecule has 0 aliphatic carbocycles. The van der Waals surface area contributed by atoms with Crippen LogP contribution in [0.15, 0.2) is 12.1 Å². The van der Waals surface area contributed by atoms with E-state index in [0.29, 0.717) is 12.1 Å². The summed E-state index contributed by atoms with van der Waals surface area (Å²) in [7, 11) is 0. The number of hydrogen-bond acceptors (Lipinski definition) is 1. The quantitative estimate of drug-likeness (QED) is 0.735. The van der Waals surface area contributed by atoms with E-state index in [1.54, 1.807) is 20.8 Å². The maximum Gasteiger partial charge on any atom is 0.319 e. The number of carbonyl (C=O) groups excluding carboxylic acids is 1. The van der Waals surface area contributed by atoms with Crippen molar-refractivity contribution in [3.63, 3.8) is 0 Å². The van der Waals surface area contributed by atoms with Gasteiger partial charge in [-0.2, -0.15) is 0 Å². The predicted octanol–water partition coefficient (Wildman–Crippen LogP) is 3.02. The minimum absolute atomic E-state index is 0.405. The fourth-order valence-corrected chi connectivity index (χ4v) is 1.14. The molecular weight excluding hydrogens is 233 g/mol. The van der Waals surface area contributed by atoms with Crippen LogP contribution in [0.25, 0.3) is 0 Å². The fourth-order valence-electron chi connectivity index (χ4n) is 1.14. The fraction of sp³-hybridized carbons (Fsp3) is 0.364. The minimum atomic E-state index is -1.35. The summed E-state index contributed by atoms with van der Waals surface area (Å²) in [5.74, 6) is -3.61. The van der Waals surface area contributed by atoms with Crippen LogP contribution in [-0.2, 0) is 0 Å². The maximum atomic E-state index is 13.2. The summed E-state index contributed by atoms with van der Waals surface area (Å²) in [4.78, 5) is 11.4. The summed E-state index contributed by atoms with van der Waals surface area (Å²) in [6.07, 6.45) is 0. The Labute approximate surface area is 97.0 Å². The Hall–Kier alpha value is -1.72. The Bertz CT molecular complexity index is 441. The second-order valence-corrected chi connectivity index (χ2v) is 4.58. The molecule has 3 nitrogen and oxygen atoms in total. The van der Waals surface area contributed by atoms with Crippen LogP contribution >= 0.6 is 0 Å². The minimum Gasteiger partial charge on any atom is -0.333 e. The first-order valence-corrected chi connectivity index (χ1v) is 4.93. The van der Waals surface area contributed by atoms with Gasteiger partial charge in [0.2, 0.25) is 0 Å². The Morgan fingerprint density at radius 2 is 1.76 bits per heavy atom. The van der Waals surface area contributed by atoms with Gasteiger partial charge in [0.25, 0.3) is 0 Å². The summed E-state index contributed by atoms with van der Waals surface area (Å²) in [5, 5.41) is 4.52. The van der Waals surface area contributed by atoms with Crippen molar-refractivity contribution in [2.75, 3.05) is 5.32 Å². The molecule has 1 rings (SSSR count). The van der Waals surface area contributed by atoms with Gasteiger partial charge in [0, 0.05) is 17.7 Å². The number of nitrogens with one attached hydrogen (secondary N) is 2. The normalized spacial score (nSPS) is 11.2. The zero-order valence-electron chi connectivity index (χ0n) is 9.70. The Morgan fingerprint density at radius 3 is 2.29 bits per heavy atom. The number of carbonyl (C=O) groups is 1. The number of hydrogen-bond donors (Lipinski definition) is 2. The van der Waals surface area contributed by atoms with Crippen molar-refractivity contribution < 1.29 is 18.0 Å². The van der Waals surface area contributed by atoms with Gasteiger partial charge in [-0.25, -0.2) is 18.0 Å². The molecule has 17 heavy (non-hydrogen) atoms. The molecule has 0 heterocycles. The first-order valence-electron chi connectivity index (χ1n) is 4.93. The topological polar surface area (TPSA) is 41.1 Å². The summed E-state index contributed by atoms with van der Waals surface area (Å²) in [6, 6.07) is 0.379. The van der Waals surface area contributed by atoms with Crippen LogP contribution in [0.1, 0.15) is 20.8 Å². The molecule has 0 atom stereocenters. The molecule has 2 N–H and O–H groups in total. The lowest BCUT2D eigenvalue weighted by atomic mass is 10.1. The Morgan fingerprint density at radius 1 is 1.18 bits per heavy atom. The van der Waals surface area contributed by atoms with E-state index in [4.69, 9.17) is 0 Å². The highest BCUT2D eigenvalue weighted by Crippen LogP contribution is 2.19. The van der Waals surface area contributed by atoms with E-state index in [1.807, 2.05) is 5.32 Å². The number of halogens is 3. The molecule has 0 bridgehead atoms. The number of benzene rings is 1. The van der Waals surface area contributed by atoms with Crippen molar-refractivity contribution in [3.8, 4) is 0 Å². The van der Waals surface area contributed by atoms with Crippen LogP contribution in [0.2, 0.25) is 0 Å². The van der Waals surface area contributed by atoms with Crippen molar-refractivity contribution >= 4 is 11.7 Å². The summed E-state index contributed by atoms with van der Waals surface area (Å²) in [6.45, 7) is 5.15. The third-order valence-corrected chi connectivity index (χ3v) is 1.73. The lowest BCUT2D eigenvalue weighted by Crippen LogP contribution is -2.43. The highest BCUT2D eigenvalue weighted by atomic mass is 19.2. The van der Waals surface area contributed by atoms with E-state index in [2.05, 4.69) is 5.32 Å². The summed E-state index contributed by atoms with van der Waals surface area (Å²) < 4.78 is 38.9. The number of amides is 2. The molecule has 94 valence electrons. The molecule has 6 heteroatoms. The zero-order valence-corrected chi connectivity index (χ0v) is 9.70. The average molecular weight is 246 g/mol. The van der Waals surface area contributed by atoms with Crippen LogP contribution in [0, 0.1) is 17.5 Å². The second kappa shape index (κ2) is 4.65. The standard InChI is InChI=1S/C11H13F3N2O/c1-11(2,3)16-10(17)15-8-5-6(12)4-7(13)9(8)14/h4-5H,1-3H3,(H2,15,16,17). The van der Waals surface area contributed by atoms with Crippen LogP contribution in [0.5, 0.6) is 0 Å². The van der Waals surface area contributed by atoms with Crippen LogP contribution in [0.3, 0.4) is 0 Å². The first-order chi connectivity index (χ1) is 7.69. The molecule has 0 fully saturated rings. The van der Waals surface area contributed by atoms with Gasteiger partial charge < -0.3 is 10.6 Å². The highest BCUT2D eigenvalue weighted by Gasteiger charge is 2.17. The van der Waals surface area contributed by atoms with Gasteiger partial charge in [-0.1, -0.05) is 0 Å². The van der Waals surface area contributed by atoms with Gasteiger partial charge in [-0.05, 0) is 20.8 Å². The monoisotopic (exact) mass is 246 g/mol. The van der Waals surface area contributed by atoms with Gasteiger partial charge in [-0.3, -0.25) is 0 Å². The SMILES string of the molecule is CC(C)(C)NC(=O)Nc1cc(F)cc(F)c1F. The van der Waals surface area contributed by atoms with Gasteiger partial charge in [0.05, 0.1) is 5.69 Å². The van der Waals surface area contributed by atoms with E-state index in [-0.39, 0.29) is 0 Å². The lowest BCUT2D eigenvalue weighted by molar-refractivity contribution is 0.243. The number of anilines is 1. The lowest BCUT2D eigenvalue weighted by Gasteiger charge is -2.20. The van der Waals surface area contributed by atoms with Crippen LogP contribution < -0.4 is 10.6 Å². The molecule has 0 saturated heterocycles. The molecule has 0 aromatic heterocycles. The molecule has 2 amide bonds. The third kappa shape index (κ3) is 3.97. The average Bonchev–Trinajstić information content (AvgIpc) is 2.10. The molecule has 0 aliphatic rings. The van der Waals surface area contributed by atoms with E-state index in [9.17, 15) is 18.0 Å². The van der Waals surface area contributed by atoms with Gasteiger partial charge >= 0.3 is 6.03 Å². The van der Waals surface area contributed by atoms with Crippen molar-refractivity contribution in [3.05, 3.63) is 29.6 Å². The summed E-state index contributed by atoms with van der Waals surface area (Å²) >= 11 is 0. The predicted molar refractivity (Wildman–Crippen MR) is 58.2 cm³/mol. The molecule has 0 aliphatic heterocycles. The Kier molecular flexibility index (Phi) is 3.65. The van der Waals surface area contributed by atoms with E-state index >= 15 is 0 Å². The van der Waals surface area contributed by atoms with Crippen molar-refractivity contribution in [2.45, 2.75) is 26.3 Å². The molecule has 1 aromatic rings. The smallest absolute Gasteiger partial charge is 0.319 e. The van der Waals surface area contributed by atoms with E-state index in [1.165, 1.54) is 0 Å². The van der Waals surface area contributed by atoms with Crippen LogP contribution in [0.4, 0.5) is 23.7 Å². The molecule has 0 unspecified atom stereocenters. The van der Waals surface area contributed by atoms with Crippen molar-refractivity contribution in [1.82, 2.24) is 5.32 Å². The molecule has 0 saturated carbocycles. The van der Waals surface area contributed by atoms with Gasteiger partial charge in [0.1, 0.15) is 5.82 Å². The van der Waals surface area contributed by atoms with Gasteiger partial charge in [0.15, 0.2) is 11.6 Å². The first kappa shape index (κ1) is 13.3. The highest BCUT2D eigenvalue weighted by molar-refractivity contribution is 5.89. The molecular formula is C11H13F3N2O. The Balaban J connectivity index is 2.85. The largest absolute Gasteiger partial charge is 0.333 e. The zero-order chi connectivity index (χ0) is 13.2. The number of urea groups is 1. The molecule has 0 radical (unpaired) electrons. The van der Waals surface area contributed by atoms with Gasteiger partial charge in [-0.15, -0.1) is 0 Å². The maximum absolute atomic E-state index is 13.2. The van der Waals surface area contributed by atoms with Crippen molar-refractivity contribution in [2.24, 2.45) is 0 Å². The van der Waals surface area contributed by atoms with Crippen molar-refractivity contribution in [1.29, 1.82) is 0 Å². The third-order valence-electron chi connectivity index (χ3n) is 1.73. The van der Waals surface area contributed by atoms with Crippen LogP contribution in [-0.4, -0.2) is 11.6 Å². The van der Waals surface area contributed by atoms with E-state index in [0.717, 1.165) is 0 Å². The molecule has 1 aromatic carbocycles. The molecule has 0 spiro atoms.